The third-order valence-electron chi connectivity index (χ3n) is 3.62. The Labute approximate surface area is 137 Å². The summed E-state index contributed by atoms with van der Waals surface area (Å²) in [5.41, 5.74) is 3.33. The van der Waals surface area contributed by atoms with Crippen LogP contribution in [-0.4, -0.2) is 20.4 Å². The second-order valence-electron chi connectivity index (χ2n) is 4.93. The van der Waals surface area contributed by atoms with Crippen molar-refractivity contribution in [2.75, 3.05) is 5.88 Å². The Hall–Kier alpha value is -1.39. The van der Waals surface area contributed by atoms with Gasteiger partial charge in [-0.2, -0.15) is 0 Å². The molecule has 0 radical (unpaired) electrons. The summed E-state index contributed by atoms with van der Waals surface area (Å²) in [6.45, 7) is 2.18. The van der Waals surface area contributed by atoms with Crippen LogP contribution in [0.5, 0.6) is 0 Å². The molecule has 5 heteroatoms. The highest BCUT2D eigenvalue weighted by atomic mass is 79.9. The van der Waals surface area contributed by atoms with E-state index in [1.165, 1.54) is 5.56 Å². The quantitative estimate of drug-likeness (QED) is 0.634. The van der Waals surface area contributed by atoms with Crippen LogP contribution in [0.3, 0.4) is 0 Å². The van der Waals surface area contributed by atoms with Crippen molar-refractivity contribution in [3.05, 3.63) is 58.6 Å². The van der Waals surface area contributed by atoms with Crippen molar-refractivity contribution in [3.63, 3.8) is 0 Å². The number of aromatic nitrogens is 3. The fourth-order valence-electron chi connectivity index (χ4n) is 2.60. The summed E-state index contributed by atoms with van der Waals surface area (Å²) in [4.78, 5) is 8.82. The maximum Gasteiger partial charge on any atom is 0.111 e. The number of aryl methyl sites for hydroxylation is 1. The molecule has 3 aromatic rings. The van der Waals surface area contributed by atoms with Gasteiger partial charge in [-0.05, 0) is 42.8 Å². The van der Waals surface area contributed by atoms with Gasteiger partial charge in [0.2, 0.25) is 0 Å². The maximum absolute atomic E-state index is 5.94. The van der Waals surface area contributed by atoms with Crippen LogP contribution in [0.15, 0.2) is 47.2 Å². The highest BCUT2D eigenvalue weighted by Crippen LogP contribution is 2.28. The average Bonchev–Trinajstić information content (AvgIpc) is 2.85. The Morgan fingerprint density at radius 2 is 2.00 bits per heavy atom. The average molecular weight is 365 g/mol. The van der Waals surface area contributed by atoms with Crippen molar-refractivity contribution in [2.45, 2.75) is 19.4 Å². The van der Waals surface area contributed by atoms with E-state index in [2.05, 4.69) is 38.5 Å². The normalized spacial score (nSPS) is 12.7. The molecule has 1 aromatic carbocycles. The molecule has 0 aliphatic carbocycles. The van der Waals surface area contributed by atoms with Gasteiger partial charge < -0.3 is 4.57 Å². The molecule has 0 N–H and O–H groups in total. The van der Waals surface area contributed by atoms with Crippen LogP contribution in [0, 0.1) is 0 Å². The summed E-state index contributed by atoms with van der Waals surface area (Å²) in [7, 11) is 0. The van der Waals surface area contributed by atoms with E-state index >= 15 is 0 Å². The lowest BCUT2D eigenvalue weighted by atomic mass is 10.1. The molecule has 108 valence electrons. The molecular weight excluding hydrogens is 350 g/mol. The van der Waals surface area contributed by atoms with Crippen molar-refractivity contribution in [3.8, 4) is 0 Å². The van der Waals surface area contributed by atoms with Gasteiger partial charge >= 0.3 is 0 Å². The van der Waals surface area contributed by atoms with Crippen LogP contribution in [0.1, 0.15) is 24.4 Å². The number of nitrogens with zero attached hydrogens (tertiary/aromatic N) is 3. The van der Waals surface area contributed by atoms with Crippen LogP contribution >= 0.6 is 27.5 Å². The molecule has 2 aromatic heterocycles. The van der Waals surface area contributed by atoms with E-state index in [1.807, 2.05) is 36.7 Å². The molecule has 0 bridgehead atoms. The number of pyridine rings is 1. The zero-order valence-corrected chi connectivity index (χ0v) is 14.0. The standard InChI is InChI=1S/C16H15BrClN3/c1-11(12-5-8-19-9-6-12)21-15-10-13(17)2-3-14(15)20-16(21)4-7-18/h2-3,5-6,8-11H,4,7H2,1H3. The molecule has 0 saturated carbocycles. The first-order chi connectivity index (χ1) is 10.2. The molecule has 2 heterocycles. The van der Waals surface area contributed by atoms with E-state index in [4.69, 9.17) is 16.6 Å². The highest BCUT2D eigenvalue weighted by Gasteiger charge is 2.17. The molecular formula is C16H15BrClN3. The van der Waals surface area contributed by atoms with Crippen LogP contribution in [0.25, 0.3) is 11.0 Å². The second-order valence-corrected chi connectivity index (χ2v) is 6.22. The van der Waals surface area contributed by atoms with Gasteiger partial charge in [-0.15, -0.1) is 11.6 Å². The highest BCUT2D eigenvalue weighted by molar-refractivity contribution is 9.10. The van der Waals surface area contributed by atoms with E-state index in [-0.39, 0.29) is 6.04 Å². The number of imidazole rings is 1. The Morgan fingerprint density at radius 1 is 1.24 bits per heavy atom. The van der Waals surface area contributed by atoms with E-state index in [1.54, 1.807) is 0 Å². The van der Waals surface area contributed by atoms with Crippen molar-refractivity contribution in [1.29, 1.82) is 0 Å². The van der Waals surface area contributed by atoms with Gasteiger partial charge in [-0.3, -0.25) is 4.98 Å². The fraction of sp³-hybridized carbons (Fsp3) is 0.250. The number of benzene rings is 1. The largest absolute Gasteiger partial charge is 0.321 e. The first-order valence-electron chi connectivity index (χ1n) is 6.83. The van der Waals surface area contributed by atoms with Crippen molar-refractivity contribution in [1.82, 2.24) is 14.5 Å². The third-order valence-corrected chi connectivity index (χ3v) is 4.30. The molecule has 0 aliphatic rings. The number of alkyl halides is 1. The summed E-state index contributed by atoms with van der Waals surface area (Å²) >= 11 is 9.49. The molecule has 0 fully saturated rings. The van der Waals surface area contributed by atoms with Crippen LogP contribution in [0.2, 0.25) is 0 Å². The molecule has 0 aliphatic heterocycles. The summed E-state index contributed by atoms with van der Waals surface area (Å²) in [5, 5.41) is 0. The Morgan fingerprint density at radius 3 is 2.71 bits per heavy atom. The van der Waals surface area contributed by atoms with Gasteiger partial charge in [0, 0.05) is 29.2 Å². The molecule has 0 saturated heterocycles. The zero-order chi connectivity index (χ0) is 14.8. The lowest BCUT2D eigenvalue weighted by Crippen LogP contribution is -2.11. The van der Waals surface area contributed by atoms with Crippen LogP contribution < -0.4 is 0 Å². The molecule has 1 atom stereocenters. The summed E-state index contributed by atoms with van der Waals surface area (Å²) in [6.07, 6.45) is 4.40. The minimum absolute atomic E-state index is 0.186. The number of fused-ring (bicyclic) bond motifs is 1. The van der Waals surface area contributed by atoms with E-state index in [9.17, 15) is 0 Å². The van der Waals surface area contributed by atoms with Gasteiger partial charge in [0.15, 0.2) is 0 Å². The molecule has 21 heavy (non-hydrogen) atoms. The monoisotopic (exact) mass is 363 g/mol. The van der Waals surface area contributed by atoms with Gasteiger partial charge in [0.25, 0.3) is 0 Å². The van der Waals surface area contributed by atoms with Gasteiger partial charge in [0.1, 0.15) is 5.82 Å². The molecule has 3 rings (SSSR count). The minimum Gasteiger partial charge on any atom is -0.321 e. The van der Waals surface area contributed by atoms with Gasteiger partial charge in [0.05, 0.1) is 17.1 Å². The number of rotatable bonds is 4. The Bertz CT molecular complexity index is 755. The van der Waals surface area contributed by atoms with Gasteiger partial charge in [-0.25, -0.2) is 4.98 Å². The Kier molecular flexibility index (Phi) is 4.27. The van der Waals surface area contributed by atoms with Crippen LogP contribution in [-0.2, 0) is 6.42 Å². The van der Waals surface area contributed by atoms with E-state index < -0.39 is 0 Å². The van der Waals surface area contributed by atoms with Crippen LogP contribution in [0.4, 0.5) is 0 Å². The molecule has 3 nitrogen and oxygen atoms in total. The Balaban J connectivity index is 2.18. The minimum atomic E-state index is 0.186. The predicted octanol–water partition coefficient (Wildman–Crippen LogP) is 4.58. The van der Waals surface area contributed by atoms with Crippen molar-refractivity contribution in [2.24, 2.45) is 0 Å². The lowest BCUT2D eigenvalue weighted by molar-refractivity contribution is 0.623. The lowest BCUT2D eigenvalue weighted by Gasteiger charge is -2.18. The smallest absolute Gasteiger partial charge is 0.111 e. The topological polar surface area (TPSA) is 30.7 Å². The maximum atomic E-state index is 5.94. The first-order valence-corrected chi connectivity index (χ1v) is 8.15. The van der Waals surface area contributed by atoms with Crippen molar-refractivity contribution < 1.29 is 0 Å². The molecule has 1 unspecified atom stereocenters. The third kappa shape index (κ3) is 2.83. The first kappa shape index (κ1) is 14.5. The second kappa shape index (κ2) is 6.16. The number of hydrogen-bond acceptors (Lipinski definition) is 2. The van der Waals surface area contributed by atoms with E-state index in [0.29, 0.717) is 5.88 Å². The van der Waals surface area contributed by atoms with Crippen molar-refractivity contribution >= 4 is 38.6 Å². The van der Waals surface area contributed by atoms with E-state index in [0.717, 1.165) is 27.8 Å². The predicted molar refractivity (Wildman–Crippen MR) is 89.9 cm³/mol. The summed E-state index contributed by atoms with van der Waals surface area (Å²) in [5.74, 6) is 1.58. The summed E-state index contributed by atoms with van der Waals surface area (Å²) in [6, 6.07) is 10.4. The molecule has 0 spiro atoms. The SMILES string of the molecule is CC(c1ccncc1)n1c(CCCl)nc2ccc(Br)cc21. The van der Waals surface area contributed by atoms with Gasteiger partial charge in [-0.1, -0.05) is 15.9 Å². The number of hydrogen-bond donors (Lipinski definition) is 0. The fourth-order valence-corrected chi connectivity index (χ4v) is 3.12. The molecule has 0 amide bonds. The number of halogens is 2. The zero-order valence-electron chi connectivity index (χ0n) is 11.6. The summed E-state index contributed by atoms with van der Waals surface area (Å²) < 4.78 is 3.31.